The average molecular weight is 313 g/mol. The third kappa shape index (κ3) is 7.02. The molecule has 0 saturated heterocycles. The molecule has 5 nitrogen and oxygen atoms in total. The van der Waals surface area contributed by atoms with Gasteiger partial charge >= 0.3 is 0 Å². The minimum Gasteiger partial charge on any atom is -0.315 e. The lowest BCUT2D eigenvalue weighted by atomic mass is 10.3. The van der Waals surface area contributed by atoms with E-state index in [9.17, 15) is 8.42 Å². The Kier molecular flexibility index (Phi) is 7.28. The normalized spacial score (nSPS) is 12.3. The smallest absolute Gasteiger partial charge is 0.214 e. The molecule has 0 amide bonds. The van der Waals surface area contributed by atoms with E-state index in [1.165, 1.54) is 4.31 Å². The predicted molar refractivity (Wildman–Crippen MR) is 86.6 cm³/mol. The molecule has 0 aliphatic rings. The second-order valence-corrected chi connectivity index (χ2v) is 7.85. The molecule has 0 unspecified atom stereocenters. The van der Waals surface area contributed by atoms with E-state index < -0.39 is 10.0 Å². The second kappa shape index (κ2) is 8.46. The van der Waals surface area contributed by atoms with E-state index in [1.807, 2.05) is 25.1 Å². The highest BCUT2D eigenvalue weighted by molar-refractivity contribution is 7.89. The van der Waals surface area contributed by atoms with Gasteiger partial charge in [-0.2, -0.15) is 4.31 Å². The number of unbranched alkanes of at least 4 members (excludes halogenated alkanes) is 1. The molecule has 0 aliphatic heterocycles. The maximum absolute atomic E-state index is 12.2. The molecule has 0 atom stereocenters. The molecule has 1 aromatic heterocycles. The summed E-state index contributed by atoms with van der Waals surface area (Å²) in [6, 6.07) is 6.10. The van der Waals surface area contributed by atoms with Crippen LogP contribution in [0.25, 0.3) is 0 Å². The molecule has 1 heterocycles. The Morgan fingerprint density at radius 1 is 1.29 bits per heavy atom. The van der Waals surface area contributed by atoms with Gasteiger partial charge < -0.3 is 5.32 Å². The zero-order valence-corrected chi connectivity index (χ0v) is 14.3. The number of nitrogens with one attached hydrogen (secondary N) is 1. The zero-order chi connectivity index (χ0) is 15.9. The van der Waals surface area contributed by atoms with Crippen LogP contribution in [0.1, 0.15) is 38.1 Å². The molecule has 21 heavy (non-hydrogen) atoms. The molecule has 1 aromatic rings. The van der Waals surface area contributed by atoms with Gasteiger partial charge in [0, 0.05) is 18.8 Å². The van der Waals surface area contributed by atoms with Crippen molar-refractivity contribution in [3.8, 4) is 0 Å². The SMILES string of the molecule is Cc1cccc(CN(C)S(=O)(=O)CCCCNC(C)C)n1. The van der Waals surface area contributed by atoms with Crippen molar-refractivity contribution in [2.45, 2.75) is 46.2 Å². The first-order valence-electron chi connectivity index (χ1n) is 7.41. The van der Waals surface area contributed by atoms with Crippen LogP contribution in [0.3, 0.4) is 0 Å². The Hall–Kier alpha value is -0.980. The van der Waals surface area contributed by atoms with Gasteiger partial charge in [0.05, 0.1) is 18.0 Å². The molecule has 0 aliphatic carbocycles. The van der Waals surface area contributed by atoms with Crippen LogP contribution in [0.2, 0.25) is 0 Å². The Morgan fingerprint density at radius 2 is 2.00 bits per heavy atom. The number of hydrogen-bond acceptors (Lipinski definition) is 4. The van der Waals surface area contributed by atoms with E-state index in [4.69, 9.17) is 0 Å². The molecule has 0 aromatic carbocycles. The van der Waals surface area contributed by atoms with Crippen molar-refractivity contribution in [2.24, 2.45) is 0 Å². The van der Waals surface area contributed by atoms with Crippen molar-refractivity contribution in [3.63, 3.8) is 0 Å². The van der Waals surface area contributed by atoms with E-state index in [1.54, 1.807) is 7.05 Å². The molecule has 6 heteroatoms. The van der Waals surface area contributed by atoms with Gasteiger partial charge in [0.2, 0.25) is 10.0 Å². The first kappa shape index (κ1) is 18.1. The van der Waals surface area contributed by atoms with Crippen molar-refractivity contribution in [1.29, 1.82) is 0 Å². The van der Waals surface area contributed by atoms with Crippen LogP contribution < -0.4 is 5.32 Å². The third-order valence-corrected chi connectivity index (χ3v) is 5.07. The summed E-state index contributed by atoms with van der Waals surface area (Å²) in [4.78, 5) is 4.34. The second-order valence-electron chi connectivity index (χ2n) is 5.66. The van der Waals surface area contributed by atoms with Crippen molar-refractivity contribution in [3.05, 3.63) is 29.6 Å². The fourth-order valence-electron chi connectivity index (χ4n) is 1.97. The molecule has 0 spiro atoms. The summed E-state index contributed by atoms with van der Waals surface area (Å²) in [5.74, 6) is 0.190. The zero-order valence-electron chi connectivity index (χ0n) is 13.5. The molecule has 1 rings (SSSR count). The van der Waals surface area contributed by atoms with Crippen LogP contribution in [-0.4, -0.2) is 43.1 Å². The number of sulfonamides is 1. The van der Waals surface area contributed by atoms with Crippen LogP contribution >= 0.6 is 0 Å². The summed E-state index contributed by atoms with van der Waals surface area (Å²) in [6.45, 7) is 7.25. The monoisotopic (exact) mass is 313 g/mol. The van der Waals surface area contributed by atoms with Crippen molar-refractivity contribution >= 4 is 10.0 Å². The number of aryl methyl sites for hydroxylation is 1. The Morgan fingerprint density at radius 3 is 2.62 bits per heavy atom. The van der Waals surface area contributed by atoms with Crippen LogP contribution in [0.5, 0.6) is 0 Å². The van der Waals surface area contributed by atoms with Gasteiger partial charge in [-0.25, -0.2) is 8.42 Å². The van der Waals surface area contributed by atoms with Gasteiger partial charge in [-0.05, 0) is 38.4 Å². The highest BCUT2D eigenvalue weighted by atomic mass is 32.2. The van der Waals surface area contributed by atoms with E-state index in [0.29, 0.717) is 19.0 Å². The molecule has 120 valence electrons. The summed E-state index contributed by atoms with van der Waals surface area (Å²) >= 11 is 0. The third-order valence-electron chi connectivity index (χ3n) is 3.19. The Bertz CT molecular complexity index is 529. The predicted octanol–water partition coefficient (Wildman–Crippen LogP) is 1.93. The molecule has 0 fully saturated rings. The van der Waals surface area contributed by atoms with E-state index >= 15 is 0 Å². The lowest BCUT2D eigenvalue weighted by Gasteiger charge is -2.17. The summed E-state index contributed by atoms with van der Waals surface area (Å²) in [7, 11) is -1.59. The number of pyridine rings is 1. The lowest BCUT2D eigenvalue weighted by Crippen LogP contribution is -2.30. The topological polar surface area (TPSA) is 62.3 Å². The van der Waals surface area contributed by atoms with E-state index in [0.717, 1.165) is 24.4 Å². The minimum atomic E-state index is -3.21. The highest BCUT2D eigenvalue weighted by Crippen LogP contribution is 2.08. The number of hydrogen-bond donors (Lipinski definition) is 1. The van der Waals surface area contributed by atoms with Crippen molar-refractivity contribution < 1.29 is 8.42 Å². The average Bonchev–Trinajstić information content (AvgIpc) is 2.37. The summed E-state index contributed by atoms with van der Waals surface area (Å²) in [6.07, 6.45) is 1.54. The van der Waals surface area contributed by atoms with Crippen LogP contribution in [0, 0.1) is 6.92 Å². The molecule has 0 radical (unpaired) electrons. The van der Waals surface area contributed by atoms with Gasteiger partial charge in [0.25, 0.3) is 0 Å². The molecule has 1 N–H and O–H groups in total. The highest BCUT2D eigenvalue weighted by Gasteiger charge is 2.18. The van der Waals surface area contributed by atoms with Gasteiger partial charge in [-0.3, -0.25) is 4.98 Å². The molecular formula is C15H27N3O2S. The van der Waals surface area contributed by atoms with Gasteiger partial charge in [-0.1, -0.05) is 19.9 Å². The Balaban J connectivity index is 2.42. The number of rotatable bonds is 9. The Labute approximate surface area is 128 Å². The van der Waals surface area contributed by atoms with E-state index in [2.05, 4.69) is 24.1 Å². The maximum atomic E-state index is 12.2. The fourth-order valence-corrected chi connectivity index (χ4v) is 3.18. The summed E-state index contributed by atoms with van der Waals surface area (Å²) in [5.41, 5.74) is 1.68. The first-order chi connectivity index (χ1) is 9.81. The largest absolute Gasteiger partial charge is 0.315 e. The van der Waals surface area contributed by atoms with Crippen LogP contribution in [-0.2, 0) is 16.6 Å². The molecular weight excluding hydrogens is 286 g/mol. The van der Waals surface area contributed by atoms with Gasteiger partial charge in [0.1, 0.15) is 0 Å². The van der Waals surface area contributed by atoms with Crippen molar-refractivity contribution in [1.82, 2.24) is 14.6 Å². The maximum Gasteiger partial charge on any atom is 0.214 e. The van der Waals surface area contributed by atoms with E-state index in [-0.39, 0.29) is 5.75 Å². The lowest BCUT2D eigenvalue weighted by molar-refractivity contribution is 0.459. The minimum absolute atomic E-state index is 0.190. The van der Waals surface area contributed by atoms with Crippen molar-refractivity contribution in [2.75, 3.05) is 19.3 Å². The van der Waals surface area contributed by atoms with Crippen LogP contribution in [0.15, 0.2) is 18.2 Å². The van der Waals surface area contributed by atoms with Gasteiger partial charge in [-0.15, -0.1) is 0 Å². The summed E-state index contributed by atoms with van der Waals surface area (Å²) < 4.78 is 25.8. The quantitative estimate of drug-likeness (QED) is 0.708. The first-order valence-corrected chi connectivity index (χ1v) is 9.02. The van der Waals surface area contributed by atoms with Crippen LogP contribution in [0.4, 0.5) is 0 Å². The molecule has 0 bridgehead atoms. The number of nitrogens with zero attached hydrogens (tertiary/aromatic N) is 2. The molecule has 0 saturated carbocycles. The summed E-state index contributed by atoms with van der Waals surface area (Å²) in [5, 5.41) is 3.29. The standard InChI is InChI=1S/C15H27N3O2S/c1-13(2)16-10-5-6-11-21(19,20)18(4)12-15-9-7-8-14(3)17-15/h7-9,13,16H,5-6,10-12H2,1-4H3. The fraction of sp³-hybridized carbons (Fsp3) is 0.667. The number of aromatic nitrogens is 1. The van der Waals surface area contributed by atoms with Gasteiger partial charge in [0.15, 0.2) is 0 Å².